The summed E-state index contributed by atoms with van der Waals surface area (Å²) < 4.78 is 25.4. The molecule has 0 heterocycles. The number of halogens is 2. The molecule has 1 amide bonds. The first-order valence-corrected chi connectivity index (χ1v) is 4.80. The van der Waals surface area contributed by atoms with Crippen molar-refractivity contribution in [3.8, 4) is 0 Å². The molecule has 0 radical (unpaired) electrons. The summed E-state index contributed by atoms with van der Waals surface area (Å²) in [5.41, 5.74) is 0.134. The minimum atomic E-state index is -1.01. The fraction of sp³-hybridized carbons (Fsp3) is 0.364. The Labute approximate surface area is 87.3 Å². The molecule has 0 saturated carbocycles. The van der Waals surface area contributed by atoms with Crippen LogP contribution in [-0.4, -0.2) is 11.9 Å². The Hall–Kier alpha value is -1.45. The molecule has 0 aliphatic carbocycles. The van der Waals surface area contributed by atoms with Crippen molar-refractivity contribution in [2.24, 2.45) is 0 Å². The summed E-state index contributed by atoms with van der Waals surface area (Å²) in [6.07, 6.45) is 0.787. The average Bonchev–Trinajstić information content (AvgIpc) is 2.21. The van der Waals surface area contributed by atoms with Crippen molar-refractivity contribution in [1.29, 1.82) is 0 Å². The first-order valence-electron chi connectivity index (χ1n) is 4.80. The summed E-state index contributed by atoms with van der Waals surface area (Å²) in [4.78, 5) is 11.5. The van der Waals surface area contributed by atoms with Crippen LogP contribution in [0.1, 0.15) is 30.6 Å². The standard InChI is InChI=1S/C11H13F2NO/c1-3-7(2)14-11(15)8-4-5-9(12)10(13)6-8/h4-7H,3H2,1-2H3,(H,14,15). The largest absolute Gasteiger partial charge is 0.350 e. The van der Waals surface area contributed by atoms with Crippen LogP contribution in [0.25, 0.3) is 0 Å². The van der Waals surface area contributed by atoms with E-state index in [1.165, 1.54) is 6.07 Å². The van der Waals surface area contributed by atoms with E-state index in [-0.39, 0.29) is 17.5 Å². The van der Waals surface area contributed by atoms with E-state index in [0.29, 0.717) is 0 Å². The molecule has 0 fully saturated rings. The maximum Gasteiger partial charge on any atom is 0.251 e. The molecule has 15 heavy (non-hydrogen) atoms. The van der Waals surface area contributed by atoms with Crippen LogP contribution in [0.4, 0.5) is 8.78 Å². The number of carbonyl (C=O) groups is 1. The van der Waals surface area contributed by atoms with E-state index in [1.807, 2.05) is 13.8 Å². The van der Waals surface area contributed by atoms with Gasteiger partial charge < -0.3 is 5.32 Å². The normalized spacial score (nSPS) is 12.3. The summed E-state index contributed by atoms with van der Waals surface area (Å²) >= 11 is 0. The zero-order chi connectivity index (χ0) is 11.4. The molecule has 82 valence electrons. The van der Waals surface area contributed by atoms with Crippen molar-refractivity contribution in [2.45, 2.75) is 26.3 Å². The van der Waals surface area contributed by atoms with Gasteiger partial charge in [-0.1, -0.05) is 6.92 Å². The highest BCUT2D eigenvalue weighted by atomic mass is 19.2. The Morgan fingerprint density at radius 1 is 1.40 bits per heavy atom. The minimum Gasteiger partial charge on any atom is -0.350 e. The van der Waals surface area contributed by atoms with Gasteiger partial charge in [-0.05, 0) is 31.5 Å². The van der Waals surface area contributed by atoms with Crippen molar-refractivity contribution in [3.63, 3.8) is 0 Å². The number of rotatable bonds is 3. The van der Waals surface area contributed by atoms with Crippen molar-refractivity contribution < 1.29 is 13.6 Å². The van der Waals surface area contributed by atoms with E-state index < -0.39 is 11.6 Å². The maximum absolute atomic E-state index is 12.8. The third kappa shape index (κ3) is 3.01. The van der Waals surface area contributed by atoms with E-state index in [2.05, 4.69) is 5.32 Å². The second-order valence-electron chi connectivity index (χ2n) is 3.41. The van der Waals surface area contributed by atoms with Gasteiger partial charge in [-0.15, -0.1) is 0 Å². The number of carbonyl (C=O) groups excluding carboxylic acids is 1. The van der Waals surface area contributed by atoms with E-state index in [0.717, 1.165) is 18.6 Å². The Balaban J connectivity index is 2.78. The third-order valence-corrected chi connectivity index (χ3v) is 2.17. The fourth-order valence-corrected chi connectivity index (χ4v) is 1.05. The van der Waals surface area contributed by atoms with Gasteiger partial charge in [0.25, 0.3) is 5.91 Å². The monoisotopic (exact) mass is 213 g/mol. The molecule has 0 spiro atoms. The quantitative estimate of drug-likeness (QED) is 0.821. The molecule has 1 aromatic carbocycles. The number of hydrogen-bond donors (Lipinski definition) is 1. The van der Waals surface area contributed by atoms with E-state index in [9.17, 15) is 13.6 Å². The third-order valence-electron chi connectivity index (χ3n) is 2.17. The number of benzene rings is 1. The van der Waals surface area contributed by atoms with Gasteiger partial charge in [0.1, 0.15) is 0 Å². The van der Waals surface area contributed by atoms with Gasteiger partial charge in [0, 0.05) is 11.6 Å². The lowest BCUT2D eigenvalue weighted by Gasteiger charge is -2.11. The molecule has 1 aromatic rings. The molecule has 1 N–H and O–H groups in total. The zero-order valence-corrected chi connectivity index (χ0v) is 8.68. The summed E-state index contributed by atoms with van der Waals surface area (Å²) in [6.45, 7) is 3.77. The molecule has 1 unspecified atom stereocenters. The van der Waals surface area contributed by atoms with Gasteiger partial charge in [-0.3, -0.25) is 4.79 Å². The second-order valence-corrected chi connectivity index (χ2v) is 3.41. The molecule has 1 atom stereocenters. The number of nitrogens with one attached hydrogen (secondary N) is 1. The predicted octanol–water partition coefficient (Wildman–Crippen LogP) is 2.49. The van der Waals surface area contributed by atoms with E-state index >= 15 is 0 Å². The number of hydrogen-bond acceptors (Lipinski definition) is 1. The van der Waals surface area contributed by atoms with Crippen LogP contribution in [0.5, 0.6) is 0 Å². The Bertz CT molecular complexity index is 366. The Kier molecular flexibility index (Phi) is 3.77. The zero-order valence-electron chi connectivity index (χ0n) is 8.68. The SMILES string of the molecule is CCC(C)NC(=O)c1ccc(F)c(F)c1. The molecular formula is C11H13F2NO. The Morgan fingerprint density at radius 2 is 2.07 bits per heavy atom. The first-order chi connectivity index (χ1) is 7.04. The maximum atomic E-state index is 12.8. The van der Waals surface area contributed by atoms with Crippen LogP contribution in [-0.2, 0) is 0 Å². The van der Waals surface area contributed by atoms with Gasteiger partial charge in [-0.2, -0.15) is 0 Å². The minimum absolute atomic E-state index is 0.0191. The Morgan fingerprint density at radius 3 is 2.60 bits per heavy atom. The van der Waals surface area contributed by atoms with Crippen molar-refractivity contribution in [1.82, 2.24) is 5.32 Å². The fourth-order valence-electron chi connectivity index (χ4n) is 1.05. The van der Waals surface area contributed by atoms with Crippen molar-refractivity contribution in [3.05, 3.63) is 35.4 Å². The average molecular weight is 213 g/mol. The van der Waals surface area contributed by atoms with Gasteiger partial charge in [0.15, 0.2) is 11.6 Å². The molecule has 2 nitrogen and oxygen atoms in total. The summed E-state index contributed by atoms with van der Waals surface area (Å²) in [5, 5.41) is 2.66. The summed E-state index contributed by atoms with van der Waals surface area (Å²) in [7, 11) is 0. The number of amides is 1. The van der Waals surface area contributed by atoms with Crippen LogP contribution in [0.2, 0.25) is 0 Å². The molecule has 0 aliphatic heterocycles. The van der Waals surface area contributed by atoms with Gasteiger partial charge in [0.2, 0.25) is 0 Å². The van der Waals surface area contributed by atoms with E-state index in [4.69, 9.17) is 0 Å². The topological polar surface area (TPSA) is 29.1 Å². The highest BCUT2D eigenvalue weighted by Gasteiger charge is 2.10. The molecule has 0 bridgehead atoms. The highest BCUT2D eigenvalue weighted by Crippen LogP contribution is 2.08. The van der Waals surface area contributed by atoms with Gasteiger partial charge in [-0.25, -0.2) is 8.78 Å². The van der Waals surface area contributed by atoms with Crippen LogP contribution in [0.3, 0.4) is 0 Å². The van der Waals surface area contributed by atoms with Crippen LogP contribution in [0.15, 0.2) is 18.2 Å². The van der Waals surface area contributed by atoms with Crippen LogP contribution in [0, 0.1) is 11.6 Å². The molecule has 0 aromatic heterocycles. The van der Waals surface area contributed by atoms with Gasteiger partial charge in [0.05, 0.1) is 0 Å². The highest BCUT2D eigenvalue weighted by molar-refractivity contribution is 5.94. The predicted molar refractivity (Wildman–Crippen MR) is 53.6 cm³/mol. The molecule has 4 heteroatoms. The second kappa shape index (κ2) is 4.87. The van der Waals surface area contributed by atoms with Gasteiger partial charge >= 0.3 is 0 Å². The van der Waals surface area contributed by atoms with Crippen LogP contribution >= 0.6 is 0 Å². The van der Waals surface area contributed by atoms with Crippen molar-refractivity contribution in [2.75, 3.05) is 0 Å². The van der Waals surface area contributed by atoms with E-state index in [1.54, 1.807) is 0 Å². The molecular weight excluding hydrogens is 200 g/mol. The smallest absolute Gasteiger partial charge is 0.251 e. The molecule has 0 saturated heterocycles. The lowest BCUT2D eigenvalue weighted by Crippen LogP contribution is -2.31. The summed E-state index contributed by atoms with van der Waals surface area (Å²) in [5.74, 6) is -2.34. The molecule has 1 rings (SSSR count). The lowest BCUT2D eigenvalue weighted by molar-refractivity contribution is 0.0938. The first kappa shape index (κ1) is 11.6. The van der Waals surface area contributed by atoms with Crippen LogP contribution < -0.4 is 5.32 Å². The molecule has 0 aliphatic rings. The summed E-state index contributed by atoms with van der Waals surface area (Å²) in [6, 6.07) is 3.12. The van der Waals surface area contributed by atoms with Crippen molar-refractivity contribution >= 4 is 5.91 Å². The lowest BCUT2D eigenvalue weighted by atomic mass is 10.2.